The Morgan fingerprint density at radius 3 is 2.68 bits per heavy atom. The highest BCUT2D eigenvalue weighted by Crippen LogP contribution is 2.29. The van der Waals surface area contributed by atoms with Gasteiger partial charge in [0.15, 0.2) is 0 Å². The van der Waals surface area contributed by atoms with E-state index in [-0.39, 0.29) is 12.1 Å². The van der Waals surface area contributed by atoms with E-state index in [1.54, 1.807) is 6.08 Å². The Morgan fingerprint density at radius 2 is 1.95 bits per heavy atom. The molecular formula is C18H18N2O2. The SMILES string of the molecule is C=CCOc1ccc(C2NC(=O)c3cccc(C)c3N2)cc1. The first kappa shape index (κ1) is 14.2. The van der Waals surface area contributed by atoms with Gasteiger partial charge in [0.05, 0.1) is 11.3 Å². The predicted octanol–water partition coefficient (Wildman–Crippen LogP) is 3.41. The molecule has 0 aliphatic carbocycles. The van der Waals surface area contributed by atoms with Crippen LogP contribution >= 0.6 is 0 Å². The van der Waals surface area contributed by atoms with Gasteiger partial charge in [-0.3, -0.25) is 4.79 Å². The third-order valence-corrected chi connectivity index (χ3v) is 3.66. The zero-order valence-electron chi connectivity index (χ0n) is 12.4. The molecule has 22 heavy (non-hydrogen) atoms. The lowest BCUT2D eigenvalue weighted by molar-refractivity contribution is 0.0935. The molecule has 0 spiro atoms. The average molecular weight is 294 g/mol. The highest BCUT2D eigenvalue weighted by molar-refractivity contribution is 6.02. The molecule has 0 aromatic heterocycles. The first-order valence-corrected chi connectivity index (χ1v) is 7.19. The molecule has 3 rings (SSSR count). The van der Waals surface area contributed by atoms with E-state index < -0.39 is 0 Å². The number of carbonyl (C=O) groups excluding carboxylic acids is 1. The molecule has 2 aromatic rings. The molecule has 4 nitrogen and oxygen atoms in total. The number of aryl methyl sites for hydroxylation is 1. The van der Waals surface area contributed by atoms with Crippen molar-refractivity contribution in [1.29, 1.82) is 0 Å². The molecule has 112 valence electrons. The fourth-order valence-electron chi connectivity index (χ4n) is 2.52. The zero-order chi connectivity index (χ0) is 15.5. The number of anilines is 1. The molecule has 1 amide bonds. The Labute approximate surface area is 129 Å². The maximum absolute atomic E-state index is 12.2. The molecule has 1 aliphatic rings. The van der Waals surface area contributed by atoms with Gasteiger partial charge >= 0.3 is 0 Å². The molecule has 0 radical (unpaired) electrons. The number of nitrogens with one attached hydrogen (secondary N) is 2. The number of para-hydroxylation sites is 1. The van der Waals surface area contributed by atoms with E-state index in [9.17, 15) is 4.79 Å². The predicted molar refractivity (Wildman–Crippen MR) is 87.1 cm³/mol. The summed E-state index contributed by atoms with van der Waals surface area (Å²) in [6.45, 7) is 6.09. The van der Waals surface area contributed by atoms with Crippen LogP contribution < -0.4 is 15.4 Å². The average Bonchev–Trinajstić information content (AvgIpc) is 2.54. The molecule has 2 aromatic carbocycles. The fourth-order valence-corrected chi connectivity index (χ4v) is 2.52. The third kappa shape index (κ3) is 2.68. The minimum absolute atomic E-state index is 0.0607. The standard InChI is InChI=1S/C18H18N2O2/c1-3-11-22-14-9-7-13(8-10-14)17-19-16-12(2)5-4-6-15(16)18(21)20-17/h3-10,17,19H,1,11H2,2H3,(H,20,21). The van der Waals surface area contributed by atoms with E-state index in [0.29, 0.717) is 12.2 Å². The van der Waals surface area contributed by atoms with E-state index in [4.69, 9.17) is 4.74 Å². The van der Waals surface area contributed by atoms with Crippen molar-refractivity contribution in [3.63, 3.8) is 0 Å². The number of rotatable bonds is 4. The van der Waals surface area contributed by atoms with E-state index in [0.717, 1.165) is 22.6 Å². The summed E-state index contributed by atoms with van der Waals surface area (Å²) in [7, 11) is 0. The molecule has 0 saturated heterocycles. The number of carbonyl (C=O) groups is 1. The van der Waals surface area contributed by atoms with Crippen LogP contribution in [0.1, 0.15) is 27.7 Å². The molecule has 0 saturated carbocycles. The Morgan fingerprint density at radius 1 is 1.18 bits per heavy atom. The van der Waals surface area contributed by atoms with E-state index in [2.05, 4.69) is 17.2 Å². The molecular weight excluding hydrogens is 276 g/mol. The second kappa shape index (κ2) is 5.93. The second-order valence-electron chi connectivity index (χ2n) is 5.22. The number of benzene rings is 2. The van der Waals surface area contributed by atoms with Crippen LogP contribution in [0.25, 0.3) is 0 Å². The minimum Gasteiger partial charge on any atom is -0.490 e. The molecule has 1 atom stereocenters. The third-order valence-electron chi connectivity index (χ3n) is 3.66. The van der Waals surface area contributed by atoms with Crippen LogP contribution in [-0.4, -0.2) is 12.5 Å². The van der Waals surface area contributed by atoms with Crippen molar-refractivity contribution in [3.05, 3.63) is 71.8 Å². The summed E-state index contributed by atoms with van der Waals surface area (Å²) in [5.41, 5.74) is 3.61. The monoisotopic (exact) mass is 294 g/mol. The van der Waals surface area contributed by atoms with Crippen LogP contribution in [-0.2, 0) is 0 Å². The summed E-state index contributed by atoms with van der Waals surface area (Å²) in [6, 6.07) is 13.4. The first-order chi connectivity index (χ1) is 10.7. The van der Waals surface area contributed by atoms with Crippen LogP contribution in [0.4, 0.5) is 5.69 Å². The van der Waals surface area contributed by atoms with Crippen molar-refractivity contribution in [1.82, 2.24) is 5.32 Å². The van der Waals surface area contributed by atoms with Crippen LogP contribution in [0.2, 0.25) is 0 Å². The number of amides is 1. The van der Waals surface area contributed by atoms with Gasteiger partial charge in [0.25, 0.3) is 5.91 Å². The van der Waals surface area contributed by atoms with Gasteiger partial charge in [-0.05, 0) is 36.2 Å². The number of hydrogen-bond donors (Lipinski definition) is 2. The van der Waals surface area contributed by atoms with Crippen molar-refractivity contribution in [3.8, 4) is 5.75 Å². The fraction of sp³-hybridized carbons (Fsp3) is 0.167. The van der Waals surface area contributed by atoms with Crippen molar-refractivity contribution in [2.75, 3.05) is 11.9 Å². The van der Waals surface area contributed by atoms with E-state index >= 15 is 0 Å². The van der Waals surface area contributed by atoms with Gasteiger partial charge < -0.3 is 15.4 Å². The van der Waals surface area contributed by atoms with Crippen molar-refractivity contribution in [2.45, 2.75) is 13.1 Å². The van der Waals surface area contributed by atoms with E-state index in [1.807, 2.05) is 49.4 Å². The Kier molecular flexibility index (Phi) is 3.83. The Hall–Kier alpha value is -2.75. The maximum Gasteiger partial charge on any atom is 0.255 e. The Balaban J connectivity index is 1.83. The van der Waals surface area contributed by atoms with Gasteiger partial charge in [-0.15, -0.1) is 0 Å². The summed E-state index contributed by atoms with van der Waals surface area (Å²) in [5.74, 6) is 0.719. The van der Waals surface area contributed by atoms with Crippen molar-refractivity contribution >= 4 is 11.6 Å². The minimum atomic E-state index is -0.241. The maximum atomic E-state index is 12.2. The number of fused-ring (bicyclic) bond motifs is 1. The van der Waals surface area contributed by atoms with Crippen LogP contribution in [0.5, 0.6) is 5.75 Å². The molecule has 4 heteroatoms. The smallest absolute Gasteiger partial charge is 0.255 e. The lowest BCUT2D eigenvalue weighted by Gasteiger charge is -2.29. The van der Waals surface area contributed by atoms with Gasteiger partial charge in [-0.2, -0.15) is 0 Å². The van der Waals surface area contributed by atoms with Crippen molar-refractivity contribution < 1.29 is 9.53 Å². The number of hydrogen-bond acceptors (Lipinski definition) is 3. The normalized spacial score (nSPS) is 16.2. The van der Waals surface area contributed by atoms with E-state index in [1.165, 1.54) is 0 Å². The Bertz CT molecular complexity index is 708. The topological polar surface area (TPSA) is 50.4 Å². The lowest BCUT2D eigenvalue weighted by atomic mass is 10.0. The molecule has 2 N–H and O–H groups in total. The van der Waals surface area contributed by atoms with Crippen LogP contribution in [0.3, 0.4) is 0 Å². The molecule has 1 aliphatic heterocycles. The van der Waals surface area contributed by atoms with Crippen LogP contribution in [0, 0.1) is 6.92 Å². The molecule has 1 heterocycles. The van der Waals surface area contributed by atoms with Crippen molar-refractivity contribution in [2.24, 2.45) is 0 Å². The second-order valence-corrected chi connectivity index (χ2v) is 5.22. The summed E-state index contributed by atoms with van der Waals surface area (Å²) in [6.07, 6.45) is 1.46. The first-order valence-electron chi connectivity index (χ1n) is 7.19. The van der Waals surface area contributed by atoms with Gasteiger partial charge in [-0.25, -0.2) is 0 Å². The highest BCUT2D eigenvalue weighted by atomic mass is 16.5. The van der Waals surface area contributed by atoms with Crippen LogP contribution in [0.15, 0.2) is 55.1 Å². The summed E-state index contributed by atoms with van der Waals surface area (Å²) >= 11 is 0. The van der Waals surface area contributed by atoms with Gasteiger partial charge in [-0.1, -0.05) is 36.9 Å². The van der Waals surface area contributed by atoms with Gasteiger partial charge in [0, 0.05) is 0 Å². The summed E-state index contributed by atoms with van der Waals surface area (Å²) in [5, 5.41) is 6.36. The summed E-state index contributed by atoms with van der Waals surface area (Å²) in [4.78, 5) is 12.2. The van der Waals surface area contributed by atoms with Gasteiger partial charge in [0.1, 0.15) is 18.5 Å². The van der Waals surface area contributed by atoms with Gasteiger partial charge in [0.2, 0.25) is 0 Å². The largest absolute Gasteiger partial charge is 0.490 e. The zero-order valence-corrected chi connectivity index (χ0v) is 12.4. The molecule has 1 unspecified atom stereocenters. The highest BCUT2D eigenvalue weighted by Gasteiger charge is 2.25. The molecule has 0 fully saturated rings. The lowest BCUT2D eigenvalue weighted by Crippen LogP contribution is -2.38. The number of ether oxygens (including phenoxy) is 1. The quantitative estimate of drug-likeness (QED) is 0.850. The summed E-state index contributed by atoms with van der Waals surface area (Å²) < 4.78 is 5.47. The molecule has 0 bridgehead atoms.